The number of hydrogen-bond donors (Lipinski definition) is 1. The molecule has 1 aromatic heterocycles. The standard InChI is InChI=1S/C15H25N3/c1-2-18(15-5-3-4-14(15)12-16)11-8-13-6-9-17-10-7-13/h6-7,9-10,14-15H,2-5,8,11-12,16H2,1H3. The topological polar surface area (TPSA) is 42.2 Å². The Bertz CT molecular complexity index is 339. The van der Waals surface area contributed by atoms with Gasteiger partial charge >= 0.3 is 0 Å². The molecule has 0 spiro atoms. The van der Waals surface area contributed by atoms with Gasteiger partial charge in [0, 0.05) is 25.0 Å². The summed E-state index contributed by atoms with van der Waals surface area (Å²) < 4.78 is 0. The fourth-order valence-electron chi connectivity index (χ4n) is 3.15. The first-order chi connectivity index (χ1) is 8.85. The lowest BCUT2D eigenvalue weighted by Gasteiger charge is -2.31. The van der Waals surface area contributed by atoms with E-state index in [1.54, 1.807) is 0 Å². The Morgan fingerprint density at radius 2 is 2.11 bits per heavy atom. The van der Waals surface area contributed by atoms with Gasteiger partial charge in [0.15, 0.2) is 0 Å². The number of rotatable bonds is 6. The van der Waals surface area contributed by atoms with Gasteiger partial charge in [-0.2, -0.15) is 0 Å². The normalized spacial score (nSPS) is 23.7. The molecule has 2 N–H and O–H groups in total. The average molecular weight is 247 g/mol. The van der Waals surface area contributed by atoms with Gasteiger partial charge in [-0.3, -0.25) is 4.98 Å². The minimum Gasteiger partial charge on any atom is -0.330 e. The Kier molecular flexibility index (Phi) is 5.14. The van der Waals surface area contributed by atoms with E-state index in [1.807, 2.05) is 12.4 Å². The maximum atomic E-state index is 5.89. The van der Waals surface area contributed by atoms with E-state index < -0.39 is 0 Å². The van der Waals surface area contributed by atoms with E-state index in [4.69, 9.17) is 5.73 Å². The van der Waals surface area contributed by atoms with Crippen molar-refractivity contribution in [1.29, 1.82) is 0 Å². The molecule has 0 aliphatic heterocycles. The third-order valence-electron chi connectivity index (χ3n) is 4.23. The molecular formula is C15H25N3. The Morgan fingerprint density at radius 3 is 2.78 bits per heavy atom. The summed E-state index contributed by atoms with van der Waals surface area (Å²) in [4.78, 5) is 6.68. The zero-order chi connectivity index (χ0) is 12.8. The Balaban J connectivity index is 1.89. The highest BCUT2D eigenvalue weighted by Crippen LogP contribution is 2.29. The van der Waals surface area contributed by atoms with Crippen molar-refractivity contribution in [2.24, 2.45) is 11.7 Å². The molecule has 0 saturated heterocycles. The second kappa shape index (κ2) is 6.86. The predicted octanol–water partition coefficient (Wildman–Crippen LogP) is 2.07. The van der Waals surface area contributed by atoms with Crippen LogP contribution in [0.1, 0.15) is 31.7 Å². The van der Waals surface area contributed by atoms with Crippen molar-refractivity contribution >= 4 is 0 Å². The van der Waals surface area contributed by atoms with E-state index >= 15 is 0 Å². The number of pyridine rings is 1. The lowest BCUT2D eigenvalue weighted by molar-refractivity contribution is 0.172. The summed E-state index contributed by atoms with van der Waals surface area (Å²) in [6, 6.07) is 4.94. The van der Waals surface area contributed by atoms with Gasteiger partial charge < -0.3 is 10.6 Å². The maximum Gasteiger partial charge on any atom is 0.0270 e. The number of hydrogen-bond acceptors (Lipinski definition) is 3. The van der Waals surface area contributed by atoms with Gasteiger partial charge in [0.2, 0.25) is 0 Å². The molecule has 1 aliphatic carbocycles. The Morgan fingerprint density at radius 1 is 1.33 bits per heavy atom. The van der Waals surface area contributed by atoms with Crippen molar-refractivity contribution in [1.82, 2.24) is 9.88 Å². The van der Waals surface area contributed by atoms with Gasteiger partial charge in [0.25, 0.3) is 0 Å². The lowest BCUT2D eigenvalue weighted by atomic mass is 10.0. The molecular weight excluding hydrogens is 222 g/mol. The van der Waals surface area contributed by atoms with Gasteiger partial charge in [-0.25, -0.2) is 0 Å². The van der Waals surface area contributed by atoms with Gasteiger partial charge in [0.1, 0.15) is 0 Å². The van der Waals surface area contributed by atoms with E-state index in [0.29, 0.717) is 12.0 Å². The second-order valence-electron chi connectivity index (χ2n) is 5.23. The molecule has 18 heavy (non-hydrogen) atoms. The molecule has 0 bridgehead atoms. The molecule has 1 heterocycles. The minimum absolute atomic E-state index is 0.710. The second-order valence-corrected chi connectivity index (χ2v) is 5.23. The van der Waals surface area contributed by atoms with E-state index in [9.17, 15) is 0 Å². The summed E-state index contributed by atoms with van der Waals surface area (Å²) in [5, 5.41) is 0. The van der Waals surface area contributed by atoms with Gasteiger partial charge in [-0.15, -0.1) is 0 Å². The van der Waals surface area contributed by atoms with Crippen LogP contribution >= 0.6 is 0 Å². The molecule has 1 aliphatic rings. The smallest absolute Gasteiger partial charge is 0.0270 e. The Labute approximate surface area is 110 Å². The first-order valence-corrected chi connectivity index (χ1v) is 7.18. The molecule has 100 valence electrons. The quantitative estimate of drug-likeness (QED) is 0.837. The predicted molar refractivity (Wildman–Crippen MR) is 75.4 cm³/mol. The third-order valence-corrected chi connectivity index (χ3v) is 4.23. The summed E-state index contributed by atoms with van der Waals surface area (Å²) in [6.45, 7) is 5.38. The van der Waals surface area contributed by atoms with E-state index in [2.05, 4.69) is 28.9 Å². The van der Waals surface area contributed by atoms with Crippen molar-refractivity contribution < 1.29 is 0 Å². The fraction of sp³-hybridized carbons (Fsp3) is 0.667. The van der Waals surface area contributed by atoms with Crippen LogP contribution in [0.3, 0.4) is 0 Å². The van der Waals surface area contributed by atoms with Gasteiger partial charge in [-0.05, 0) is 56.0 Å². The van der Waals surface area contributed by atoms with Crippen molar-refractivity contribution in [3.8, 4) is 0 Å². The highest BCUT2D eigenvalue weighted by molar-refractivity contribution is 5.10. The van der Waals surface area contributed by atoms with Gasteiger partial charge in [0.05, 0.1) is 0 Å². The molecule has 0 amide bonds. The molecule has 1 aromatic rings. The molecule has 3 nitrogen and oxygen atoms in total. The number of nitrogens with zero attached hydrogens (tertiary/aromatic N) is 2. The molecule has 0 radical (unpaired) electrons. The number of aromatic nitrogens is 1. The SMILES string of the molecule is CCN(CCc1ccncc1)C1CCCC1CN. The van der Waals surface area contributed by atoms with Crippen LogP contribution in [0.5, 0.6) is 0 Å². The number of likely N-dealkylation sites (N-methyl/N-ethyl adjacent to an activating group) is 1. The molecule has 1 fully saturated rings. The van der Waals surface area contributed by atoms with Gasteiger partial charge in [-0.1, -0.05) is 13.3 Å². The first-order valence-electron chi connectivity index (χ1n) is 7.18. The molecule has 0 aromatic carbocycles. The molecule has 2 rings (SSSR count). The molecule has 3 heteroatoms. The van der Waals surface area contributed by atoms with Crippen LogP contribution in [0, 0.1) is 5.92 Å². The Hall–Kier alpha value is -0.930. The summed E-state index contributed by atoms with van der Waals surface area (Å²) in [6.07, 6.45) is 8.86. The van der Waals surface area contributed by atoms with Crippen molar-refractivity contribution in [3.63, 3.8) is 0 Å². The minimum atomic E-state index is 0.710. The van der Waals surface area contributed by atoms with Crippen LogP contribution in [-0.2, 0) is 6.42 Å². The number of nitrogens with two attached hydrogens (primary N) is 1. The lowest BCUT2D eigenvalue weighted by Crippen LogP contribution is -2.41. The molecule has 2 unspecified atom stereocenters. The average Bonchev–Trinajstić information content (AvgIpc) is 2.89. The first kappa shape index (κ1) is 13.5. The highest BCUT2D eigenvalue weighted by atomic mass is 15.2. The summed E-state index contributed by atoms with van der Waals surface area (Å²) in [5.41, 5.74) is 7.27. The van der Waals surface area contributed by atoms with Crippen molar-refractivity contribution in [2.45, 2.75) is 38.6 Å². The molecule has 2 atom stereocenters. The van der Waals surface area contributed by atoms with E-state index in [0.717, 1.165) is 26.1 Å². The fourth-order valence-corrected chi connectivity index (χ4v) is 3.15. The maximum absolute atomic E-state index is 5.89. The largest absolute Gasteiger partial charge is 0.330 e. The monoisotopic (exact) mass is 247 g/mol. The van der Waals surface area contributed by atoms with E-state index in [1.165, 1.54) is 24.8 Å². The third kappa shape index (κ3) is 3.30. The summed E-state index contributed by atoms with van der Waals surface area (Å²) in [5.74, 6) is 0.711. The van der Waals surface area contributed by atoms with E-state index in [-0.39, 0.29) is 0 Å². The van der Waals surface area contributed by atoms with Crippen LogP contribution in [0.25, 0.3) is 0 Å². The zero-order valence-electron chi connectivity index (χ0n) is 11.4. The summed E-state index contributed by atoms with van der Waals surface area (Å²) >= 11 is 0. The van der Waals surface area contributed by atoms with Crippen molar-refractivity contribution in [3.05, 3.63) is 30.1 Å². The highest BCUT2D eigenvalue weighted by Gasteiger charge is 2.29. The summed E-state index contributed by atoms with van der Waals surface area (Å²) in [7, 11) is 0. The van der Waals surface area contributed by atoms with Crippen LogP contribution in [0.4, 0.5) is 0 Å². The molecule has 1 saturated carbocycles. The van der Waals surface area contributed by atoms with Crippen LogP contribution < -0.4 is 5.73 Å². The van der Waals surface area contributed by atoms with Crippen LogP contribution in [0.2, 0.25) is 0 Å². The van der Waals surface area contributed by atoms with Crippen LogP contribution in [0.15, 0.2) is 24.5 Å². The van der Waals surface area contributed by atoms with Crippen molar-refractivity contribution in [2.75, 3.05) is 19.6 Å². The zero-order valence-corrected chi connectivity index (χ0v) is 11.4. The van der Waals surface area contributed by atoms with Crippen LogP contribution in [-0.4, -0.2) is 35.6 Å².